The van der Waals surface area contributed by atoms with Crippen LogP contribution in [0.4, 0.5) is 11.4 Å². The Kier molecular flexibility index (Phi) is 4.70. The molecule has 0 aliphatic carbocycles. The van der Waals surface area contributed by atoms with Gasteiger partial charge in [0, 0.05) is 23.4 Å². The van der Waals surface area contributed by atoms with Crippen LogP contribution in [0.3, 0.4) is 0 Å². The first-order valence-corrected chi connectivity index (χ1v) is 6.67. The van der Waals surface area contributed by atoms with Gasteiger partial charge < -0.3 is 10.1 Å². The average molecular weight is 314 g/mol. The van der Waals surface area contributed by atoms with E-state index in [0.29, 0.717) is 11.3 Å². The van der Waals surface area contributed by atoms with E-state index in [1.807, 2.05) is 0 Å². The first-order valence-electron chi connectivity index (χ1n) is 6.67. The maximum absolute atomic E-state index is 12.2. The Hall–Kier alpha value is -3.22. The highest BCUT2D eigenvalue weighted by molar-refractivity contribution is 6.05. The van der Waals surface area contributed by atoms with Crippen LogP contribution in [0.15, 0.2) is 42.5 Å². The molecular formula is C16H14N2O5. The highest BCUT2D eigenvalue weighted by Crippen LogP contribution is 2.20. The van der Waals surface area contributed by atoms with Crippen molar-refractivity contribution in [1.82, 2.24) is 0 Å². The van der Waals surface area contributed by atoms with Gasteiger partial charge in [0.1, 0.15) is 0 Å². The zero-order chi connectivity index (χ0) is 17.0. The number of rotatable bonds is 4. The van der Waals surface area contributed by atoms with Crippen molar-refractivity contribution in [3.8, 4) is 0 Å². The number of nitrogens with one attached hydrogen (secondary N) is 1. The molecule has 7 heteroatoms. The Labute approximate surface area is 132 Å². The lowest BCUT2D eigenvalue weighted by atomic mass is 10.1. The van der Waals surface area contributed by atoms with Crippen LogP contribution in [0, 0.1) is 17.0 Å². The van der Waals surface area contributed by atoms with E-state index in [9.17, 15) is 19.7 Å². The van der Waals surface area contributed by atoms with Crippen molar-refractivity contribution >= 4 is 23.3 Å². The summed E-state index contributed by atoms with van der Waals surface area (Å²) in [5, 5.41) is 13.4. The van der Waals surface area contributed by atoms with Crippen LogP contribution in [-0.4, -0.2) is 23.9 Å². The van der Waals surface area contributed by atoms with Crippen molar-refractivity contribution in [2.45, 2.75) is 6.92 Å². The van der Waals surface area contributed by atoms with E-state index in [1.54, 1.807) is 19.1 Å². The van der Waals surface area contributed by atoms with E-state index in [4.69, 9.17) is 0 Å². The highest BCUT2D eigenvalue weighted by Gasteiger charge is 2.14. The lowest BCUT2D eigenvalue weighted by Crippen LogP contribution is -2.14. The van der Waals surface area contributed by atoms with Gasteiger partial charge in [0.2, 0.25) is 0 Å². The third-order valence-corrected chi connectivity index (χ3v) is 3.23. The minimum absolute atomic E-state index is 0.155. The molecule has 0 aliphatic heterocycles. The third kappa shape index (κ3) is 3.70. The fraction of sp³-hybridized carbons (Fsp3) is 0.125. The lowest BCUT2D eigenvalue weighted by molar-refractivity contribution is -0.384. The van der Waals surface area contributed by atoms with E-state index >= 15 is 0 Å². The van der Waals surface area contributed by atoms with E-state index in [1.165, 1.54) is 37.4 Å². The van der Waals surface area contributed by atoms with Crippen molar-refractivity contribution in [3.05, 3.63) is 69.3 Å². The minimum atomic E-state index is -0.570. The van der Waals surface area contributed by atoms with Crippen LogP contribution in [0.5, 0.6) is 0 Å². The predicted molar refractivity (Wildman–Crippen MR) is 83.6 cm³/mol. The maximum Gasteiger partial charge on any atom is 0.337 e. The summed E-state index contributed by atoms with van der Waals surface area (Å²) in [5.74, 6) is -1.02. The Morgan fingerprint density at radius 1 is 1.13 bits per heavy atom. The number of benzene rings is 2. The van der Waals surface area contributed by atoms with Gasteiger partial charge in [-0.1, -0.05) is 12.1 Å². The van der Waals surface area contributed by atoms with Crippen molar-refractivity contribution in [3.63, 3.8) is 0 Å². The molecule has 23 heavy (non-hydrogen) atoms. The van der Waals surface area contributed by atoms with E-state index in [0.717, 1.165) is 5.56 Å². The second kappa shape index (κ2) is 6.69. The molecule has 0 saturated heterocycles. The SMILES string of the molecule is COC(=O)c1ccc(C)c(NC(=O)c2cccc([N+](=O)[O-])c2)c1. The number of hydrogen-bond donors (Lipinski definition) is 1. The Morgan fingerprint density at radius 2 is 1.87 bits per heavy atom. The number of hydrogen-bond acceptors (Lipinski definition) is 5. The number of methoxy groups -OCH3 is 1. The number of aryl methyl sites for hydroxylation is 1. The van der Waals surface area contributed by atoms with Crippen LogP contribution in [0.1, 0.15) is 26.3 Å². The summed E-state index contributed by atoms with van der Waals surface area (Å²) < 4.78 is 4.64. The molecule has 0 unspecified atom stereocenters. The van der Waals surface area contributed by atoms with Crippen LogP contribution >= 0.6 is 0 Å². The van der Waals surface area contributed by atoms with Crippen LogP contribution in [0.25, 0.3) is 0 Å². The van der Waals surface area contributed by atoms with Crippen LogP contribution in [0.2, 0.25) is 0 Å². The zero-order valence-corrected chi connectivity index (χ0v) is 12.5. The summed E-state index contributed by atoms with van der Waals surface area (Å²) in [5.41, 5.74) is 1.47. The van der Waals surface area contributed by atoms with Gasteiger partial charge in [0.15, 0.2) is 0 Å². The molecular weight excluding hydrogens is 300 g/mol. The van der Waals surface area contributed by atoms with Gasteiger partial charge >= 0.3 is 5.97 Å². The molecule has 0 aliphatic rings. The molecule has 0 bridgehead atoms. The van der Waals surface area contributed by atoms with Crippen molar-refractivity contribution in [2.75, 3.05) is 12.4 Å². The maximum atomic E-state index is 12.2. The fourth-order valence-electron chi connectivity index (χ4n) is 1.96. The second-order valence-electron chi connectivity index (χ2n) is 4.78. The topological polar surface area (TPSA) is 98.5 Å². The number of amides is 1. The predicted octanol–water partition coefficient (Wildman–Crippen LogP) is 2.94. The smallest absolute Gasteiger partial charge is 0.337 e. The molecule has 0 spiro atoms. The van der Waals surface area contributed by atoms with Gasteiger partial charge in [-0.3, -0.25) is 14.9 Å². The molecule has 1 amide bonds. The number of nitro groups is 1. The van der Waals surface area contributed by atoms with Gasteiger partial charge in [-0.25, -0.2) is 4.79 Å². The Balaban J connectivity index is 2.28. The largest absolute Gasteiger partial charge is 0.465 e. The molecule has 0 saturated carbocycles. The molecule has 0 heterocycles. The van der Waals surface area contributed by atoms with Crippen molar-refractivity contribution in [1.29, 1.82) is 0 Å². The van der Waals surface area contributed by atoms with Crippen LogP contribution < -0.4 is 5.32 Å². The zero-order valence-electron chi connectivity index (χ0n) is 12.5. The van der Waals surface area contributed by atoms with Gasteiger partial charge in [-0.05, 0) is 30.7 Å². The van der Waals surface area contributed by atoms with Crippen LogP contribution in [-0.2, 0) is 4.74 Å². The van der Waals surface area contributed by atoms with Crippen molar-refractivity contribution in [2.24, 2.45) is 0 Å². The third-order valence-electron chi connectivity index (χ3n) is 3.23. The van der Waals surface area contributed by atoms with Gasteiger partial charge in [0.05, 0.1) is 17.6 Å². The van der Waals surface area contributed by atoms with Gasteiger partial charge in [-0.15, -0.1) is 0 Å². The van der Waals surface area contributed by atoms with E-state index in [2.05, 4.69) is 10.1 Å². The normalized spacial score (nSPS) is 10.0. The molecule has 0 radical (unpaired) electrons. The minimum Gasteiger partial charge on any atom is -0.465 e. The molecule has 0 aromatic heterocycles. The lowest BCUT2D eigenvalue weighted by Gasteiger charge is -2.10. The first-order chi connectivity index (χ1) is 10.9. The van der Waals surface area contributed by atoms with E-state index < -0.39 is 16.8 Å². The molecule has 2 rings (SSSR count). The highest BCUT2D eigenvalue weighted by atomic mass is 16.6. The Morgan fingerprint density at radius 3 is 2.52 bits per heavy atom. The molecule has 1 N–H and O–H groups in total. The summed E-state index contributed by atoms with van der Waals surface area (Å²) in [6.07, 6.45) is 0. The quantitative estimate of drug-likeness (QED) is 0.531. The number of nitro benzene ring substituents is 1. The van der Waals surface area contributed by atoms with Crippen molar-refractivity contribution < 1.29 is 19.2 Å². The Bertz CT molecular complexity index is 786. The number of esters is 1. The summed E-state index contributed by atoms with van der Waals surface area (Å²) in [4.78, 5) is 34.0. The molecule has 7 nitrogen and oxygen atoms in total. The number of anilines is 1. The summed E-state index contributed by atoms with van der Waals surface area (Å²) in [6.45, 7) is 1.77. The molecule has 2 aromatic rings. The fourth-order valence-corrected chi connectivity index (χ4v) is 1.96. The average Bonchev–Trinajstić information content (AvgIpc) is 2.56. The molecule has 118 valence electrons. The standard InChI is InChI=1S/C16H14N2O5/c1-10-6-7-12(16(20)23-2)9-14(10)17-15(19)11-4-3-5-13(8-11)18(21)22/h3-9H,1-2H3,(H,17,19). The number of nitrogens with zero attached hydrogens (tertiary/aromatic N) is 1. The molecule has 0 atom stereocenters. The number of carbonyl (C=O) groups excluding carboxylic acids is 2. The monoisotopic (exact) mass is 314 g/mol. The number of carbonyl (C=O) groups is 2. The summed E-state index contributed by atoms with van der Waals surface area (Å²) >= 11 is 0. The molecule has 0 fully saturated rings. The van der Waals surface area contributed by atoms with Gasteiger partial charge in [0.25, 0.3) is 11.6 Å². The van der Waals surface area contributed by atoms with E-state index in [-0.39, 0.29) is 11.3 Å². The summed E-state index contributed by atoms with van der Waals surface area (Å²) in [7, 11) is 1.27. The van der Waals surface area contributed by atoms with Gasteiger partial charge in [-0.2, -0.15) is 0 Å². The first kappa shape index (κ1) is 16.2. The number of ether oxygens (including phenoxy) is 1. The second-order valence-corrected chi connectivity index (χ2v) is 4.78. The summed E-state index contributed by atoms with van der Waals surface area (Å²) in [6, 6.07) is 10.2. The molecule has 2 aromatic carbocycles. The number of non-ortho nitro benzene ring substituents is 1.